The Labute approximate surface area is 350 Å². The minimum atomic E-state index is -4.67. The number of hydrogen-bond donors (Lipinski definition) is 2. The highest BCUT2D eigenvalue weighted by atomic mass is 35.5. The second-order valence-corrected chi connectivity index (χ2v) is 17.0. The number of imide groups is 1. The number of carbonyl (C=O) groups is 4. The number of rotatable bonds is 9. The molecule has 5 heterocycles. The Morgan fingerprint density at radius 2 is 1.72 bits per heavy atom. The first-order chi connectivity index (χ1) is 28.8. The molecule has 2 N–H and O–H groups in total. The first-order valence-electron chi connectivity index (χ1n) is 20.6. The fraction of sp³-hybridized carbons (Fsp3) is 0.488. The van der Waals surface area contributed by atoms with E-state index in [9.17, 15) is 32.3 Å². The van der Waals surface area contributed by atoms with E-state index in [-0.39, 0.29) is 41.9 Å². The number of amides is 5. The second-order valence-electron chi connectivity index (χ2n) is 16.6. The number of nitrogens with one attached hydrogen (secondary N) is 2. The lowest BCUT2D eigenvalue weighted by molar-refractivity contribution is -0.141. The van der Waals surface area contributed by atoms with E-state index in [1.807, 2.05) is 15.8 Å². The molecule has 3 saturated heterocycles. The number of hydrogen-bond acceptors (Lipinski definition) is 8. The molecular formula is C43H48ClF3N8O5. The van der Waals surface area contributed by atoms with Crippen LogP contribution < -0.4 is 20.3 Å². The Morgan fingerprint density at radius 3 is 2.42 bits per heavy atom. The predicted molar refractivity (Wildman–Crippen MR) is 219 cm³/mol. The molecule has 60 heavy (non-hydrogen) atoms. The fourth-order valence-corrected chi connectivity index (χ4v) is 9.51. The van der Waals surface area contributed by atoms with Crippen molar-refractivity contribution in [3.63, 3.8) is 0 Å². The molecule has 4 aromatic rings. The van der Waals surface area contributed by atoms with Crippen LogP contribution in [0.4, 0.5) is 29.3 Å². The lowest BCUT2D eigenvalue weighted by atomic mass is 9.65. The summed E-state index contributed by atoms with van der Waals surface area (Å²) in [5.41, 5.74) is 0.703. The number of piperidine rings is 2. The van der Waals surface area contributed by atoms with E-state index in [2.05, 4.69) is 20.5 Å². The van der Waals surface area contributed by atoms with Crippen molar-refractivity contribution in [3.05, 3.63) is 76.7 Å². The van der Waals surface area contributed by atoms with Gasteiger partial charge in [-0.25, -0.2) is 9.78 Å². The summed E-state index contributed by atoms with van der Waals surface area (Å²) >= 11 is 6.42. The highest BCUT2D eigenvalue weighted by Crippen LogP contribution is 2.47. The van der Waals surface area contributed by atoms with Crippen LogP contribution in [0, 0.1) is 11.3 Å². The number of benzene rings is 2. The third kappa shape index (κ3) is 8.94. The van der Waals surface area contributed by atoms with Gasteiger partial charge in [-0.3, -0.25) is 29.3 Å². The minimum Gasteiger partial charge on any atom is -0.494 e. The topological polar surface area (TPSA) is 142 Å². The van der Waals surface area contributed by atoms with E-state index in [0.29, 0.717) is 52.2 Å². The largest absolute Gasteiger partial charge is 0.494 e. The van der Waals surface area contributed by atoms with Gasteiger partial charge in [-0.2, -0.15) is 18.3 Å². The van der Waals surface area contributed by atoms with Crippen LogP contribution in [0.25, 0.3) is 10.9 Å². The number of carbonyl (C=O) groups excluding carboxylic acids is 4. The van der Waals surface area contributed by atoms with Gasteiger partial charge in [0.1, 0.15) is 17.1 Å². The number of methoxy groups -OCH3 is 1. The van der Waals surface area contributed by atoms with E-state index >= 15 is 0 Å². The Balaban J connectivity index is 0.786. The summed E-state index contributed by atoms with van der Waals surface area (Å²) in [7, 11) is 1.46. The van der Waals surface area contributed by atoms with Crippen LogP contribution in [0.1, 0.15) is 96.8 Å². The van der Waals surface area contributed by atoms with Gasteiger partial charge >= 0.3 is 12.2 Å². The third-order valence-corrected chi connectivity index (χ3v) is 13.3. The zero-order chi connectivity index (χ0) is 42.2. The molecule has 4 fully saturated rings. The van der Waals surface area contributed by atoms with Gasteiger partial charge in [0.2, 0.25) is 5.91 Å². The second kappa shape index (κ2) is 17.0. The summed E-state index contributed by atoms with van der Waals surface area (Å²) in [5.74, 6) is -0.144. The zero-order valence-electron chi connectivity index (χ0n) is 33.4. The number of anilines is 2. The van der Waals surface area contributed by atoms with Crippen LogP contribution in [0.5, 0.6) is 5.75 Å². The van der Waals surface area contributed by atoms with E-state index in [1.165, 1.54) is 50.2 Å². The average molecular weight is 849 g/mol. The molecule has 0 atom stereocenters. The first kappa shape index (κ1) is 41.5. The van der Waals surface area contributed by atoms with Crippen LogP contribution in [0.3, 0.4) is 0 Å². The SMILES string of the molecule is COc1cc2nn(C3CCN(CCC4CCC5(CC4)CCN(C(=O)c4ccc(Cl)c(N6CCC(=O)NC6=O)c4)CC5)CC3)cc2cc1NC(=O)c1cccc(C(F)(F)F)n1. The summed E-state index contributed by atoms with van der Waals surface area (Å²) in [6, 6.07) is 11.3. The Morgan fingerprint density at radius 1 is 0.967 bits per heavy atom. The van der Waals surface area contributed by atoms with Gasteiger partial charge in [-0.15, -0.1) is 0 Å². The lowest BCUT2D eigenvalue weighted by Gasteiger charge is -2.46. The van der Waals surface area contributed by atoms with Crippen LogP contribution >= 0.6 is 11.6 Å². The van der Waals surface area contributed by atoms with Crippen molar-refractivity contribution >= 4 is 57.6 Å². The van der Waals surface area contributed by atoms with E-state index in [1.54, 1.807) is 30.3 Å². The number of likely N-dealkylation sites (tertiary alicyclic amines) is 2. The molecule has 318 valence electrons. The smallest absolute Gasteiger partial charge is 0.433 e. The molecule has 5 amide bonds. The van der Waals surface area contributed by atoms with Gasteiger partial charge in [-0.05, 0) is 112 Å². The van der Waals surface area contributed by atoms with Crippen LogP contribution in [-0.4, -0.2) is 94.7 Å². The quantitative estimate of drug-likeness (QED) is 0.173. The minimum absolute atomic E-state index is 0.0672. The number of pyridine rings is 1. The molecule has 0 bridgehead atoms. The summed E-state index contributed by atoms with van der Waals surface area (Å²) in [6.07, 6.45) is 7.26. The molecule has 1 aliphatic carbocycles. The van der Waals surface area contributed by atoms with Crippen molar-refractivity contribution in [2.75, 3.05) is 56.6 Å². The number of aromatic nitrogens is 3. The zero-order valence-corrected chi connectivity index (χ0v) is 34.2. The predicted octanol–water partition coefficient (Wildman–Crippen LogP) is 7.95. The Bertz CT molecular complexity index is 2280. The van der Waals surface area contributed by atoms with Crippen LogP contribution in [0.2, 0.25) is 5.02 Å². The number of halogens is 4. The van der Waals surface area contributed by atoms with Crippen molar-refractivity contribution in [3.8, 4) is 5.75 Å². The Hall–Kier alpha value is -5.22. The Kier molecular flexibility index (Phi) is 11.8. The maximum absolute atomic E-state index is 13.6. The first-order valence-corrected chi connectivity index (χ1v) is 21.0. The molecule has 1 spiro atoms. The molecule has 17 heteroatoms. The molecule has 13 nitrogen and oxygen atoms in total. The monoisotopic (exact) mass is 848 g/mol. The number of nitrogens with zero attached hydrogens (tertiary/aromatic N) is 6. The van der Waals surface area contributed by atoms with Gasteiger partial charge in [0.25, 0.3) is 11.8 Å². The van der Waals surface area contributed by atoms with E-state index in [4.69, 9.17) is 21.4 Å². The van der Waals surface area contributed by atoms with Crippen molar-refractivity contribution < 1.29 is 37.1 Å². The fourth-order valence-electron chi connectivity index (χ4n) is 9.30. The highest BCUT2D eigenvalue weighted by molar-refractivity contribution is 6.34. The molecule has 0 radical (unpaired) electrons. The highest BCUT2D eigenvalue weighted by Gasteiger charge is 2.40. The number of ether oxygens (including phenoxy) is 1. The average Bonchev–Trinajstić information content (AvgIpc) is 3.66. The molecule has 1 saturated carbocycles. The van der Waals surface area contributed by atoms with Crippen molar-refractivity contribution in [2.24, 2.45) is 11.3 Å². The standard InChI is InChI=1S/C43H48ClF3N8O5/c1-60-36-25-33-29(23-34(36)49-39(57)32-3-2-4-37(48-32)43(45,46)47)26-55(51-33)30-10-18-52(19-11-30)17-9-27-7-13-42(14-8-27)15-21-53(22-16-42)40(58)28-5-6-31(44)35(24-28)54-20-12-38(56)50-41(54)59/h2-6,23-27,30H,7-22H2,1H3,(H,49,57)(H,50,56,59). The summed E-state index contributed by atoms with van der Waals surface area (Å²) in [4.78, 5) is 59.9. The molecule has 2 aromatic carbocycles. The van der Waals surface area contributed by atoms with Gasteiger partial charge in [0.05, 0.1) is 35.1 Å². The molecule has 0 unspecified atom stereocenters. The van der Waals surface area contributed by atoms with Gasteiger partial charge in [0, 0.05) is 62.4 Å². The molecule has 4 aliphatic rings. The number of alkyl halides is 3. The molecule has 2 aromatic heterocycles. The number of urea groups is 1. The number of fused-ring (bicyclic) bond motifs is 1. The van der Waals surface area contributed by atoms with Gasteiger partial charge in [0.15, 0.2) is 0 Å². The van der Waals surface area contributed by atoms with Crippen molar-refractivity contribution in [2.45, 2.75) is 76.4 Å². The summed E-state index contributed by atoms with van der Waals surface area (Å²) in [5, 5.41) is 10.9. The molecular weight excluding hydrogens is 801 g/mol. The van der Waals surface area contributed by atoms with Crippen molar-refractivity contribution in [1.82, 2.24) is 29.9 Å². The van der Waals surface area contributed by atoms with Crippen LogP contribution in [-0.2, 0) is 11.0 Å². The summed E-state index contributed by atoms with van der Waals surface area (Å²) < 4.78 is 47.0. The van der Waals surface area contributed by atoms with E-state index < -0.39 is 23.8 Å². The third-order valence-electron chi connectivity index (χ3n) is 13.0. The summed E-state index contributed by atoms with van der Waals surface area (Å²) in [6.45, 7) is 4.61. The van der Waals surface area contributed by atoms with Gasteiger partial charge < -0.3 is 19.9 Å². The van der Waals surface area contributed by atoms with E-state index in [0.717, 1.165) is 62.8 Å². The van der Waals surface area contributed by atoms with Gasteiger partial charge in [-0.1, -0.05) is 17.7 Å². The molecule has 8 rings (SSSR count). The normalized spacial score (nSPS) is 19.5. The molecule has 3 aliphatic heterocycles. The van der Waals surface area contributed by atoms with Crippen molar-refractivity contribution in [1.29, 1.82) is 0 Å². The maximum atomic E-state index is 13.6. The van der Waals surface area contributed by atoms with Crippen LogP contribution in [0.15, 0.2) is 54.7 Å². The lowest BCUT2D eigenvalue weighted by Crippen LogP contribution is -2.49. The maximum Gasteiger partial charge on any atom is 0.433 e.